The maximum Gasteiger partial charge on any atom is 0.135 e. The van der Waals surface area contributed by atoms with E-state index in [0.717, 1.165) is 25.1 Å². The van der Waals surface area contributed by atoms with Crippen LogP contribution in [0.2, 0.25) is 0 Å². The highest BCUT2D eigenvalue weighted by Gasteiger charge is 2.48. The molecule has 2 aliphatic carbocycles. The van der Waals surface area contributed by atoms with Crippen molar-refractivity contribution in [2.75, 3.05) is 26.3 Å². The van der Waals surface area contributed by atoms with Gasteiger partial charge in [0.25, 0.3) is 0 Å². The zero-order valence-corrected chi connectivity index (χ0v) is 18.8. The Morgan fingerprint density at radius 1 is 0.968 bits per heavy atom. The van der Waals surface area contributed by atoms with Gasteiger partial charge in [-0.1, -0.05) is 0 Å². The van der Waals surface area contributed by atoms with Crippen LogP contribution in [0.3, 0.4) is 0 Å². The van der Waals surface area contributed by atoms with Crippen molar-refractivity contribution in [2.45, 2.75) is 81.7 Å². The summed E-state index contributed by atoms with van der Waals surface area (Å²) < 4.78 is 10.0. The van der Waals surface area contributed by atoms with E-state index in [1.165, 1.54) is 76.4 Å². The van der Waals surface area contributed by atoms with Crippen LogP contribution in [-0.2, 0) is 11.8 Å². The molecule has 4 heterocycles. The summed E-state index contributed by atoms with van der Waals surface area (Å²) in [5.74, 6) is 2.37. The van der Waals surface area contributed by atoms with Crippen molar-refractivity contribution in [2.24, 2.45) is 12.5 Å². The van der Waals surface area contributed by atoms with Gasteiger partial charge in [-0.3, -0.25) is 9.58 Å². The third-order valence-electron chi connectivity index (χ3n) is 8.75. The SMILES string of the molecule is Cn1cnnc1C1CCC(c2cnn(C3CCC(N4CC5(CCOC5)C4)CC3)c2)CC1. The summed E-state index contributed by atoms with van der Waals surface area (Å²) in [6.45, 7) is 4.51. The molecule has 7 nitrogen and oxygen atoms in total. The lowest BCUT2D eigenvalue weighted by Gasteiger charge is -2.52. The first kappa shape index (κ1) is 19.9. The van der Waals surface area contributed by atoms with Gasteiger partial charge in [0.2, 0.25) is 0 Å². The topological polar surface area (TPSA) is 61.0 Å². The van der Waals surface area contributed by atoms with Gasteiger partial charge in [-0.2, -0.15) is 5.10 Å². The highest BCUT2D eigenvalue weighted by atomic mass is 16.5. The molecule has 0 radical (unpaired) electrons. The molecule has 2 saturated heterocycles. The molecule has 4 fully saturated rings. The Hall–Kier alpha value is -1.73. The fourth-order valence-corrected chi connectivity index (χ4v) is 6.77. The average molecular weight is 425 g/mol. The molecule has 0 atom stereocenters. The van der Waals surface area contributed by atoms with Crippen LogP contribution in [0.5, 0.6) is 0 Å². The third-order valence-corrected chi connectivity index (χ3v) is 8.75. The van der Waals surface area contributed by atoms with Crippen molar-refractivity contribution in [3.05, 3.63) is 30.1 Å². The molecule has 31 heavy (non-hydrogen) atoms. The Kier molecular flexibility index (Phi) is 5.14. The number of hydrogen-bond acceptors (Lipinski definition) is 5. The van der Waals surface area contributed by atoms with E-state index in [0.29, 0.717) is 23.3 Å². The normalized spacial score (nSPS) is 33.6. The second kappa shape index (κ2) is 8.00. The van der Waals surface area contributed by atoms with Crippen LogP contribution in [0, 0.1) is 5.41 Å². The van der Waals surface area contributed by atoms with Crippen LogP contribution in [0.1, 0.15) is 87.1 Å². The first-order valence-electron chi connectivity index (χ1n) is 12.4. The summed E-state index contributed by atoms with van der Waals surface area (Å²) in [6, 6.07) is 1.37. The van der Waals surface area contributed by atoms with Crippen molar-refractivity contribution in [3.8, 4) is 0 Å². The van der Waals surface area contributed by atoms with Crippen LogP contribution in [0.4, 0.5) is 0 Å². The first-order valence-corrected chi connectivity index (χ1v) is 12.4. The second-order valence-electron chi connectivity index (χ2n) is 10.8. The lowest BCUT2D eigenvalue weighted by atomic mass is 9.76. The molecule has 2 aliphatic heterocycles. The maximum atomic E-state index is 5.65. The van der Waals surface area contributed by atoms with Gasteiger partial charge in [0, 0.05) is 50.3 Å². The van der Waals surface area contributed by atoms with E-state index in [4.69, 9.17) is 9.84 Å². The Labute approximate surface area is 185 Å². The molecule has 0 bridgehead atoms. The van der Waals surface area contributed by atoms with E-state index in [1.807, 2.05) is 6.33 Å². The van der Waals surface area contributed by atoms with E-state index in [1.54, 1.807) is 0 Å². The van der Waals surface area contributed by atoms with Gasteiger partial charge >= 0.3 is 0 Å². The van der Waals surface area contributed by atoms with Gasteiger partial charge in [0.05, 0.1) is 18.8 Å². The van der Waals surface area contributed by atoms with Gasteiger partial charge in [0.15, 0.2) is 0 Å². The van der Waals surface area contributed by atoms with Crippen LogP contribution in [0.15, 0.2) is 18.7 Å². The minimum absolute atomic E-state index is 0.513. The smallest absolute Gasteiger partial charge is 0.135 e. The van der Waals surface area contributed by atoms with Crippen molar-refractivity contribution >= 4 is 0 Å². The zero-order valence-electron chi connectivity index (χ0n) is 18.8. The van der Waals surface area contributed by atoms with E-state index >= 15 is 0 Å². The molecule has 2 saturated carbocycles. The van der Waals surface area contributed by atoms with Crippen molar-refractivity contribution in [1.82, 2.24) is 29.4 Å². The monoisotopic (exact) mass is 424 g/mol. The molecule has 0 aromatic carbocycles. The fourth-order valence-electron chi connectivity index (χ4n) is 6.77. The number of nitrogens with zero attached hydrogens (tertiary/aromatic N) is 6. The molecule has 7 heteroatoms. The van der Waals surface area contributed by atoms with Gasteiger partial charge in [-0.05, 0) is 69.3 Å². The van der Waals surface area contributed by atoms with E-state index in [2.05, 4.69) is 43.8 Å². The van der Waals surface area contributed by atoms with Crippen LogP contribution >= 0.6 is 0 Å². The molecule has 2 aromatic rings. The standard InChI is InChI=1S/C24H36N6O/c1-28-17-25-27-23(28)19-4-2-18(3-5-19)20-12-26-30(13-20)22-8-6-21(7-9-22)29-14-24(15-29)10-11-31-16-24/h12-13,17-19,21-22H,2-11,14-16H2,1H3. The van der Waals surface area contributed by atoms with Crippen LogP contribution in [-0.4, -0.2) is 61.8 Å². The summed E-state index contributed by atoms with van der Waals surface area (Å²) >= 11 is 0. The molecule has 0 N–H and O–H groups in total. The minimum Gasteiger partial charge on any atom is -0.381 e. The minimum atomic E-state index is 0.513. The van der Waals surface area contributed by atoms with E-state index in [-0.39, 0.29) is 0 Å². The molecule has 168 valence electrons. The molecular formula is C24H36N6O. The van der Waals surface area contributed by atoms with Gasteiger partial charge in [-0.15, -0.1) is 10.2 Å². The second-order valence-corrected chi connectivity index (χ2v) is 10.8. The lowest BCUT2D eigenvalue weighted by molar-refractivity contribution is -0.0475. The quantitative estimate of drug-likeness (QED) is 0.750. The largest absolute Gasteiger partial charge is 0.381 e. The molecular weight excluding hydrogens is 388 g/mol. The third kappa shape index (κ3) is 3.74. The number of rotatable bonds is 4. The highest BCUT2D eigenvalue weighted by Crippen LogP contribution is 2.43. The van der Waals surface area contributed by atoms with Gasteiger partial charge in [0.1, 0.15) is 12.2 Å². The number of likely N-dealkylation sites (tertiary alicyclic amines) is 1. The highest BCUT2D eigenvalue weighted by molar-refractivity contribution is 5.14. The Bertz CT molecular complexity index is 876. The summed E-state index contributed by atoms with van der Waals surface area (Å²) in [7, 11) is 2.06. The summed E-state index contributed by atoms with van der Waals surface area (Å²) in [4.78, 5) is 2.73. The van der Waals surface area contributed by atoms with Gasteiger partial charge < -0.3 is 9.30 Å². The number of aromatic nitrogens is 5. The van der Waals surface area contributed by atoms with Crippen molar-refractivity contribution in [1.29, 1.82) is 0 Å². The first-order chi connectivity index (χ1) is 15.2. The van der Waals surface area contributed by atoms with Crippen molar-refractivity contribution < 1.29 is 4.74 Å². The number of ether oxygens (including phenoxy) is 1. The fraction of sp³-hybridized carbons (Fsp3) is 0.792. The molecule has 4 aliphatic rings. The molecule has 2 aromatic heterocycles. The predicted molar refractivity (Wildman–Crippen MR) is 118 cm³/mol. The Morgan fingerprint density at radius 2 is 1.71 bits per heavy atom. The Morgan fingerprint density at radius 3 is 2.39 bits per heavy atom. The summed E-state index contributed by atoms with van der Waals surface area (Å²) in [5, 5.41) is 13.2. The van der Waals surface area contributed by atoms with Gasteiger partial charge in [-0.25, -0.2) is 0 Å². The van der Waals surface area contributed by atoms with Crippen LogP contribution in [0.25, 0.3) is 0 Å². The average Bonchev–Trinajstić information content (AvgIpc) is 3.54. The van der Waals surface area contributed by atoms with E-state index < -0.39 is 0 Å². The number of aryl methyl sites for hydroxylation is 1. The molecule has 0 unspecified atom stereocenters. The predicted octanol–water partition coefficient (Wildman–Crippen LogP) is 3.66. The summed E-state index contributed by atoms with van der Waals surface area (Å²) in [6.07, 6.45) is 17.7. The summed E-state index contributed by atoms with van der Waals surface area (Å²) in [5.41, 5.74) is 1.96. The van der Waals surface area contributed by atoms with Crippen LogP contribution < -0.4 is 0 Å². The molecule has 6 rings (SSSR count). The van der Waals surface area contributed by atoms with E-state index in [9.17, 15) is 0 Å². The zero-order chi connectivity index (χ0) is 20.8. The molecule has 1 spiro atoms. The lowest BCUT2D eigenvalue weighted by Crippen LogP contribution is -2.60. The molecule has 0 amide bonds. The maximum absolute atomic E-state index is 5.65. The number of hydrogen-bond donors (Lipinski definition) is 0. The van der Waals surface area contributed by atoms with Crippen molar-refractivity contribution in [3.63, 3.8) is 0 Å². The Balaban J connectivity index is 1.00.